The van der Waals surface area contributed by atoms with Gasteiger partial charge in [0.15, 0.2) is 11.5 Å². The van der Waals surface area contributed by atoms with E-state index in [1.54, 1.807) is 0 Å². The van der Waals surface area contributed by atoms with Gasteiger partial charge in [-0.25, -0.2) is 4.79 Å². The molecule has 1 aliphatic heterocycles. The summed E-state index contributed by atoms with van der Waals surface area (Å²) < 4.78 is 45.0. The third-order valence-electron chi connectivity index (χ3n) is 8.35. The molecule has 1 N–H and O–H groups in total. The maximum atomic E-state index is 12.3. The van der Waals surface area contributed by atoms with Crippen LogP contribution in [0.2, 0.25) is 0 Å². The predicted molar refractivity (Wildman–Crippen MR) is 183 cm³/mol. The van der Waals surface area contributed by atoms with Gasteiger partial charge in [-0.15, -0.1) is 0 Å². The van der Waals surface area contributed by atoms with Crippen LogP contribution in [0.3, 0.4) is 0 Å². The zero-order valence-corrected chi connectivity index (χ0v) is 29.1. The van der Waals surface area contributed by atoms with Gasteiger partial charge >= 0.3 is 18.1 Å². The van der Waals surface area contributed by atoms with Gasteiger partial charge in [-0.2, -0.15) is 19.9 Å². The van der Waals surface area contributed by atoms with Crippen LogP contribution < -0.4 is 33.2 Å². The number of ether oxygens (including phenoxy) is 8. The Bertz CT molecular complexity index is 1610. The van der Waals surface area contributed by atoms with Crippen molar-refractivity contribution < 1.29 is 47.8 Å². The van der Waals surface area contributed by atoms with Crippen molar-refractivity contribution >= 4 is 6.09 Å². The number of methoxy groups -OCH3 is 4. The summed E-state index contributed by atoms with van der Waals surface area (Å²) in [5.74, 6) is 1.01. The average Bonchev–Trinajstić information content (AvgIpc) is 3.17. The quantitative estimate of drug-likeness (QED) is 0.141. The van der Waals surface area contributed by atoms with Crippen molar-refractivity contribution in [2.75, 3.05) is 68.0 Å². The second kappa shape index (κ2) is 18.4. The van der Waals surface area contributed by atoms with Gasteiger partial charge in [-0.05, 0) is 29.2 Å². The molecule has 0 radical (unpaired) electrons. The van der Waals surface area contributed by atoms with E-state index in [4.69, 9.17) is 37.9 Å². The first kappa shape index (κ1) is 36.7. The lowest BCUT2D eigenvalue weighted by molar-refractivity contribution is 0.0439. The minimum Gasteiger partial charge on any atom is -0.494 e. The molecular weight excluding hydrogens is 662 g/mol. The molecule has 3 atom stereocenters. The number of rotatable bonds is 18. The fourth-order valence-corrected chi connectivity index (χ4v) is 5.92. The van der Waals surface area contributed by atoms with Gasteiger partial charge < -0.3 is 47.9 Å². The van der Waals surface area contributed by atoms with E-state index in [1.807, 2.05) is 54.6 Å². The number of nitrogens with zero attached hydrogens (tertiary/aromatic N) is 5. The number of piperidine rings is 1. The van der Waals surface area contributed by atoms with Gasteiger partial charge in [0, 0.05) is 31.3 Å². The third kappa shape index (κ3) is 10.0. The summed E-state index contributed by atoms with van der Waals surface area (Å²) in [6.07, 6.45) is 2.59. The molecule has 272 valence electrons. The first-order chi connectivity index (χ1) is 24.9. The summed E-state index contributed by atoms with van der Waals surface area (Å²) in [7, 11) is 5.91. The number of aromatic nitrogens is 4. The highest BCUT2D eigenvalue weighted by Gasteiger charge is 2.41. The van der Waals surface area contributed by atoms with Crippen LogP contribution in [0.5, 0.6) is 41.0 Å². The molecule has 2 aromatic heterocycles. The Morgan fingerprint density at radius 1 is 0.745 bits per heavy atom. The van der Waals surface area contributed by atoms with E-state index in [2.05, 4.69) is 19.9 Å². The van der Waals surface area contributed by atoms with Crippen LogP contribution in [0.25, 0.3) is 0 Å². The maximum Gasteiger partial charge on any atom is 0.407 e. The van der Waals surface area contributed by atoms with E-state index < -0.39 is 6.09 Å². The van der Waals surface area contributed by atoms with E-state index in [1.165, 1.54) is 45.7 Å². The van der Waals surface area contributed by atoms with Crippen LogP contribution >= 0.6 is 0 Å². The molecule has 0 bridgehead atoms. The fourth-order valence-electron chi connectivity index (χ4n) is 5.92. The van der Waals surface area contributed by atoms with Crippen LogP contribution in [0.15, 0.2) is 67.0 Å². The number of hydrogen-bond acceptors (Lipinski definition) is 13. The summed E-state index contributed by atoms with van der Waals surface area (Å²) in [6.45, 7) is 2.25. The van der Waals surface area contributed by atoms with Crippen molar-refractivity contribution in [3.05, 3.63) is 78.1 Å². The van der Waals surface area contributed by atoms with Gasteiger partial charge in [0.25, 0.3) is 11.8 Å². The summed E-state index contributed by atoms with van der Waals surface area (Å²) >= 11 is 0. The Labute approximate surface area is 296 Å². The van der Waals surface area contributed by atoms with Crippen LogP contribution in [0, 0.1) is 11.8 Å². The Morgan fingerprint density at radius 2 is 1.31 bits per heavy atom. The van der Waals surface area contributed by atoms with E-state index in [0.717, 1.165) is 17.5 Å². The standard InChI is InChI=1S/C36H43N5O10/c1-44-29-17-37-34(39-32(29)46-3)50-22-26-19-41(36(42)43)20-27(23-51-35-38-18-30(45-2)33(40-35)47-4)31(26)25-11-13-28(14-12-25)49-16-8-15-48-21-24-9-6-5-7-10-24/h5-7,9-14,17-18,26-27,31H,8,15-16,19-23H2,1-4H3,(H,42,43)/t26-,27+,31?. The molecule has 51 heavy (non-hydrogen) atoms. The molecule has 1 aliphatic rings. The summed E-state index contributed by atoms with van der Waals surface area (Å²) in [4.78, 5) is 30.8. The Hall–Kier alpha value is -5.57. The largest absolute Gasteiger partial charge is 0.494 e. The second-order valence-corrected chi connectivity index (χ2v) is 11.6. The van der Waals surface area contributed by atoms with Crippen molar-refractivity contribution in [2.24, 2.45) is 11.8 Å². The lowest BCUT2D eigenvalue weighted by Crippen LogP contribution is -2.50. The summed E-state index contributed by atoms with van der Waals surface area (Å²) in [6, 6.07) is 18.0. The molecule has 1 amide bonds. The molecule has 1 fully saturated rings. The smallest absolute Gasteiger partial charge is 0.407 e. The molecule has 1 unspecified atom stereocenters. The van der Waals surface area contributed by atoms with Crippen molar-refractivity contribution in [3.63, 3.8) is 0 Å². The highest BCUT2D eigenvalue weighted by atomic mass is 16.5. The van der Waals surface area contributed by atoms with Crippen LogP contribution in [-0.2, 0) is 11.3 Å². The van der Waals surface area contributed by atoms with Crippen LogP contribution in [0.1, 0.15) is 23.5 Å². The summed E-state index contributed by atoms with van der Waals surface area (Å²) in [5, 5.41) is 10.1. The number of likely N-dealkylation sites (tertiary alicyclic amines) is 1. The molecule has 0 aliphatic carbocycles. The minimum atomic E-state index is -1.05. The van der Waals surface area contributed by atoms with Gasteiger partial charge in [-0.3, -0.25) is 0 Å². The van der Waals surface area contributed by atoms with Crippen molar-refractivity contribution in [1.29, 1.82) is 0 Å². The number of amides is 1. The van der Waals surface area contributed by atoms with E-state index in [0.29, 0.717) is 37.1 Å². The third-order valence-corrected chi connectivity index (χ3v) is 8.35. The Balaban J connectivity index is 1.31. The molecule has 0 spiro atoms. The predicted octanol–water partition coefficient (Wildman–Crippen LogP) is 4.75. The molecule has 5 rings (SSSR count). The first-order valence-corrected chi connectivity index (χ1v) is 16.4. The molecule has 0 saturated carbocycles. The normalized spacial score (nSPS) is 16.9. The molecule has 4 aromatic rings. The van der Waals surface area contributed by atoms with Crippen molar-refractivity contribution in [2.45, 2.75) is 18.9 Å². The highest BCUT2D eigenvalue weighted by molar-refractivity contribution is 5.65. The molecule has 15 nitrogen and oxygen atoms in total. The van der Waals surface area contributed by atoms with Crippen molar-refractivity contribution in [3.8, 4) is 41.0 Å². The minimum absolute atomic E-state index is 0.0712. The maximum absolute atomic E-state index is 12.3. The van der Waals surface area contributed by atoms with Crippen LogP contribution in [-0.4, -0.2) is 104 Å². The van der Waals surface area contributed by atoms with E-state index in [-0.39, 0.29) is 67.8 Å². The van der Waals surface area contributed by atoms with Gasteiger partial charge in [0.1, 0.15) is 5.75 Å². The molecular formula is C36H43N5O10. The fraction of sp³-hybridized carbons (Fsp3) is 0.417. The Morgan fingerprint density at radius 3 is 1.82 bits per heavy atom. The number of hydrogen-bond donors (Lipinski definition) is 1. The molecule has 2 aromatic carbocycles. The average molecular weight is 706 g/mol. The first-order valence-electron chi connectivity index (χ1n) is 16.4. The molecule has 1 saturated heterocycles. The second-order valence-electron chi connectivity index (χ2n) is 11.6. The van der Waals surface area contributed by atoms with Crippen LogP contribution in [0.4, 0.5) is 4.79 Å². The zero-order chi connectivity index (χ0) is 36.0. The monoisotopic (exact) mass is 705 g/mol. The zero-order valence-electron chi connectivity index (χ0n) is 29.1. The lowest BCUT2D eigenvalue weighted by Gasteiger charge is -2.42. The van der Waals surface area contributed by atoms with Gasteiger partial charge in [0.2, 0.25) is 0 Å². The SMILES string of the molecule is COc1cnc(OC[C@@H]2CN(C(=O)O)C[C@H](COc3ncc(OC)c(OC)n3)C2c2ccc(OCCCOCc3ccccc3)cc2)nc1OC. The van der Waals surface area contributed by atoms with Crippen molar-refractivity contribution in [1.82, 2.24) is 24.8 Å². The molecule has 15 heteroatoms. The van der Waals surface area contributed by atoms with Gasteiger partial charge in [0.05, 0.1) is 73.9 Å². The van der Waals surface area contributed by atoms with E-state index in [9.17, 15) is 9.90 Å². The number of carboxylic acid groups (broad SMARTS) is 1. The highest BCUT2D eigenvalue weighted by Crippen LogP contribution is 2.39. The number of carbonyl (C=O) groups is 1. The Kier molecular flexibility index (Phi) is 13.3. The van der Waals surface area contributed by atoms with Gasteiger partial charge in [-0.1, -0.05) is 42.5 Å². The number of benzene rings is 2. The van der Waals surface area contributed by atoms with E-state index >= 15 is 0 Å². The topological polar surface area (TPSA) is 166 Å². The lowest BCUT2D eigenvalue weighted by atomic mass is 9.74. The summed E-state index contributed by atoms with van der Waals surface area (Å²) in [5.41, 5.74) is 2.09. The molecule has 3 heterocycles.